The molecule has 0 fully saturated rings. The molecule has 148 valence electrons. The van der Waals surface area contributed by atoms with E-state index in [0.29, 0.717) is 29.4 Å². The summed E-state index contributed by atoms with van der Waals surface area (Å²) in [7, 11) is 0. The van der Waals surface area contributed by atoms with Crippen LogP contribution in [0.15, 0.2) is 103 Å². The maximum absolute atomic E-state index is 12.8. The molecular weight excluding hydrogens is 374 g/mol. The molecule has 0 saturated carbocycles. The van der Waals surface area contributed by atoms with E-state index in [1.807, 2.05) is 84.9 Å². The first-order valence-electron chi connectivity index (χ1n) is 9.65. The van der Waals surface area contributed by atoms with Gasteiger partial charge in [0.15, 0.2) is 0 Å². The Morgan fingerprint density at radius 1 is 0.767 bits per heavy atom. The Hall–Kier alpha value is -4.12. The molecule has 0 spiro atoms. The second kappa shape index (κ2) is 9.39. The first-order chi connectivity index (χ1) is 14.8. The summed E-state index contributed by atoms with van der Waals surface area (Å²) < 4.78 is 5.78. The summed E-state index contributed by atoms with van der Waals surface area (Å²) in [6.45, 7) is 0.587. The summed E-state index contributed by atoms with van der Waals surface area (Å²) in [6, 6.07) is 30.3. The van der Waals surface area contributed by atoms with Gasteiger partial charge in [-0.3, -0.25) is 4.79 Å². The number of pyridine rings is 1. The fourth-order valence-electron chi connectivity index (χ4n) is 2.94. The number of carbonyl (C=O) groups excluding carboxylic acids is 1. The molecule has 30 heavy (non-hydrogen) atoms. The van der Waals surface area contributed by atoms with Gasteiger partial charge in [0.2, 0.25) is 0 Å². The number of hydrogen-bond acceptors (Lipinski definition) is 4. The summed E-state index contributed by atoms with van der Waals surface area (Å²) in [5.74, 6) is 1.78. The number of benzene rings is 3. The molecule has 0 atom stereocenters. The average molecular weight is 395 g/mol. The maximum Gasteiger partial charge on any atom is 0.259 e. The lowest BCUT2D eigenvalue weighted by molar-refractivity contribution is 0.102. The van der Waals surface area contributed by atoms with Crippen molar-refractivity contribution in [2.45, 2.75) is 6.54 Å². The van der Waals surface area contributed by atoms with Crippen LogP contribution in [0.4, 0.5) is 11.5 Å². The SMILES string of the molecule is O=C(Nc1ccc(Oc2ccccc2)cc1)c1cccnc1NCc1ccccc1. The van der Waals surface area contributed by atoms with Crippen LogP contribution < -0.4 is 15.4 Å². The number of hydrogen-bond donors (Lipinski definition) is 2. The lowest BCUT2D eigenvalue weighted by Gasteiger charge is -2.12. The van der Waals surface area contributed by atoms with Gasteiger partial charge in [-0.2, -0.15) is 0 Å². The van der Waals surface area contributed by atoms with Crippen LogP contribution in [-0.2, 0) is 6.54 Å². The van der Waals surface area contributed by atoms with Gasteiger partial charge in [-0.15, -0.1) is 0 Å². The first-order valence-corrected chi connectivity index (χ1v) is 9.65. The van der Waals surface area contributed by atoms with Crippen molar-refractivity contribution in [1.29, 1.82) is 0 Å². The number of aromatic nitrogens is 1. The van der Waals surface area contributed by atoms with Crippen LogP contribution in [0.1, 0.15) is 15.9 Å². The number of ether oxygens (including phenoxy) is 1. The fourth-order valence-corrected chi connectivity index (χ4v) is 2.94. The third-order valence-electron chi connectivity index (χ3n) is 4.45. The third-order valence-corrected chi connectivity index (χ3v) is 4.45. The van der Waals surface area contributed by atoms with Gasteiger partial charge in [-0.1, -0.05) is 48.5 Å². The van der Waals surface area contributed by atoms with Crippen LogP contribution in [0.3, 0.4) is 0 Å². The number of rotatable bonds is 7. The molecule has 0 aliphatic rings. The Labute approximate surface area is 175 Å². The van der Waals surface area contributed by atoms with Gasteiger partial charge in [0, 0.05) is 18.4 Å². The number of nitrogens with zero attached hydrogens (tertiary/aromatic N) is 1. The molecule has 0 aliphatic heterocycles. The van der Waals surface area contributed by atoms with Gasteiger partial charge in [-0.05, 0) is 54.1 Å². The molecule has 1 amide bonds. The van der Waals surface area contributed by atoms with Crippen LogP contribution in [-0.4, -0.2) is 10.9 Å². The Morgan fingerprint density at radius 3 is 2.17 bits per heavy atom. The molecule has 1 aromatic heterocycles. The molecular formula is C25H21N3O2. The zero-order chi connectivity index (χ0) is 20.6. The van der Waals surface area contributed by atoms with Crippen molar-refractivity contribution in [3.8, 4) is 11.5 Å². The number of carbonyl (C=O) groups is 1. The van der Waals surface area contributed by atoms with Gasteiger partial charge in [0.25, 0.3) is 5.91 Å². The van der Waals surface area contributed by atoms with Crippen LogP contribution in [0.5, 0.6) is 11.5 Å². The number of para-hydroxylation sites is 1. The molecule has 0 unspecified atom stereocenters. The van der Waals surface area contributed by atoms with E-state index in [9.17, 15) is 4.79 Å². The third kappa shape index (κ3) is 5.02. The van der Waals surface area contributed by atoms with E-state index in [0.717, 1.165) is 11.3 Å². The molecule has 0 saturated heterocycles. The van der Waals surface area contributed by atoms with E-state index in [-0.39, 0.29) is 5.91 Å². The van der Waals surface area contributed by atoms with E-state index in [1.54, 1.807) is 18.3 Å². The van der Waals surface area contributed by atoms with E-state index in [2.05, 4.69) is 15.6 Å². The molecule has 5 heteroatoms. The highest BCUT2D eigenvalue weighted by molar-refractivity contribution is 6.07. The van der Waals surface area contributed by atoms with Crippen molar-refractivity contribution >= 4 is 17.4 Å². The van der Waals surface area contributed by atoms with E-state index < -0.39 is 0 Å². The summed E-state index contributed by atoms with van der Waals surface area (Å²) >= 11 is 0. The van der Waals surface area contributed by atoms with Crippen LogP contribution in [0.25, 0.3) is 0 Å². The Morgan fingerprint density at radius 2 is 1.43 bits per heavy atom. The average Bonchev–Trinajstić information content (AvgIpc) is 2.80. The molecule has 0 bridgehead atoms. The minimum absolute atomic E-state index is 0.226. The minimum atomic E-state index is -0.226. The summed E-state index contributed by atoms with van der Waals surface area (Å²) in [5, 5.41) is 6.15. The van der Waals surface area contributed by atoms with E-state index in [1.165, 1.54) is 0 Å². The highest BCUT2D eigenvalue weighted by Gasteiger charge is 2.12. The smallest absolute Gasteiger partial charge is 0.259 e. The second-order valence-electron chi connectivity index (χ2n) is 6.63. The standard InChI is InChI=1S/C25H21N3O2/c29-25(23-12-7-17-26-24(23)27-18-19-8-3-1-4-9-19)28-20-13-15-22(16-14-20)30-21-10-5-2-6-11-21/h1-17H,18H2,(H,26,27)(H,28,29). The van der Waals surface area contributed by atoms with Gasteiger partial charge in [0.1, 0.15) is 17.3 Å². The van der Waals surface area contributed by atoms with E-state index in [4.69, 9.17) is 4.74 Å². The van der Waals surface area contributed by atoms with Crippen molar-refractivity contribution in [2.75, 3.05) is 10.6 Å². The van der Waals surface area contributed by atoms with Gasteiger partial charge in [-0.25, -0.2) is 4.98 Å². The van der Waals surface area contributed by atoms with Crippen molar-refractivity contribution < 1.29 is 9.53 Å². The molecule has 5 nitrogen and oxygen atoms in total. The van der Waals surface area contributed by atoms with Gasteiger partial charge < -0.3 is 15.4 Å². The van der Waals surface area contributed by atoms with Crippen LogP contribution >= 0.6 is 0 Å². The number of anilines is 2. The lowest BCUT2D eigenvalue weighted by Crippen LogP contribution is -2.15. The first kappa shape index (κ1) is 19.2. The Balaban J connectivity index is 1.41. The Bertz CT molecular complexity index is 1100. The molecule has 0 aliphatic carbocycles. The Kier molecular flexibility index (Phi) is 6.01. The predicted octanol–water partition coefficient (Wildman–Crippen LogP) is 5.74. The summed E-state index contributed by atoms with van der Waals surface area (Å²) in [5.41, 5.74) is 2.28. The highest BCUT2D eigenvalue weighted by Crippen LogP contribution is 2.23. The quantitative estimate of drug-likeness (QED) is 0.419. The second-order valence-corrected chi connectivity index (χ2v) is 6.63. The largest absolute Gasteiger partial charge is 0.457 e. The van der Waals surface area contributed by atoms with Crippen molar-refractivity contribution in [3.63, 3.8) is 0 Å². The molecule has 3 aromatic carbocycles. The maximum atomic E-state index is 12.8. The van der Waals surface area contributed by atoms with Gasteiger partial charge >= 0.3 is 0 Å². The highest BCUT2D eigenvalue weighted by atomic mass is 16.5. The summed E-state index contributed by atoms with van der Waals surface area (Å²) in [4.78, 5) is 17.1. The van der Waals surface area contributed by atoms with Crippen LogP contribution in [0, 0.1) is 0 Å². The van der Waals surface area contributed by atoms with E-state index >= 15 is 0 Å². The van der Waals surface area contributed by atoms with Crippen molar-refractivity contribution in [3.05, 3.63) is 114 Å². The molecule has 4 aromatic rings. The molecule has 2 N–H and O–H groups in total. The lowest BCUT2D eigenvalue weighted by atomic mass is 10.2. The minimum Gasteiger partial charge on any atom is -0.457 e. The van der Waals surface area contributed by atoms with Crippen molar-refractivity contribution in [1.82, 2.24) is 4.98 Å². The topological polar surface area (TPSA) is 63.2 Å². The van der Waals surface area contributed by atoms with Gasteiger partial charge in [0.05, 0.1) is 5.56 Å². The zero-order valence-corrected chi connectivity index (χ0v) is 16.3. The molecule has 1 heterocycles. The summed E-state index contributed by atoms with van der Waals surface area (Å²) in [6.07, 6.45) is 1.67. The molecule has 4 rings (SSSR count). The zero-order valence-electron chi connectivity index (χ0n) is 16.3. The molecule has 0 radical (unpaired) electrons. The van der Waals surface area contributed by atoms with Crippen LogP contribution in [0.2, 0.25) is 0 Å². The monoisotopic (exact) mass is 395 g/mol. The normalized spacial score (nSPS) is 10.3. The number of amides is 1. The predicted molar refractivity (Wildman–Crippen MR) is 119 cm³/mol. The van der Waals surface area contributed by atoms with Crippen molar-refractivity contribution in [2.24, 2.45) is 0 Å². The number of nitrogens with one attached hydrogen (secondary N) is 2. The fraction of sp³-hybridized carbons (Fsp3) is 0.0400.